The number of ketones is 1. The van der Waals surface area contributed by atoms with Crippen LogP contribution in [-0.2, 0) is 28.6 Å². The van der Waals surface area contributed by atoms with Gasteiger partial charge in [0.2, 0.25) is 5.91 Å². The molecule has 2 aliphatic heterocycles. The second-order valence-electron chi connectivity index (χ2n) is 5.50. The number of amides is 1. The first-order valence-corrected chi connectivity index (χ1v) is 7.49. The molecular weight excluding hydrogens is 318 g/mol. The number of ether oxygens (including phenoxy) is 3. The number of hydrogen-bond acceptors (Lipinski definition) is 7. The molecule has 2 saturated heterocycles. The summed E-state index contributed by atoms with van der Waals surface area (Å²) in [5.41, 5.74) is 0. The summed E-state index contributed by atoms with van der Waals surface area (Å²) in [6.45, 7) is 8.32. The van der Waals surface area contributed by atoms with Gasteiger partial charge in [-0.2, -0.15) is 0 Å². The number of nitrogens with zero attached hydrogens (tertiary/aromatic N) is 1. The Kier molecular flexibility index (Phi) is 5.38. The molecule has 0 aromatic heterocycles. The molecule has 0 bridgehead atoms. The average molecular weight is 337 g/mol. The number of carbonyl (C=O) groups excluding carboxylic acids is 4. The van der Waals surface area contributed by atoms with Crippen LogP contribution in [0.1, 0.15) is 13.3 Å². The lowest BCUT2D eigenvalue weighted by Gasteiger charge is -2.45. The zero-order valence-electron chi connectivity index (χ0n) is 13.3. The highest BCUT2D eigenvalue weighted by Gasteiger charge is 2.62. The SMILES string of the molecule is C=CCOC(=O)OC(C)[C@H]1C(=O)N2C(C(=O)OCC=C)C(=O)C[C@H]12. The van der Waals surface area contributed by atoms with Gasteiger partial charge in [-0.25, -0.2) is 9.59 Å². The van der Waals surface area contributed by atoms with Crippen LogP contribution in [0.15, 0.2) is 25.3 Å². The number of carbonyl (C=O) groups is 4. The van der Waals surface area contributed by atoms with Crippen molar-refractivity contribution in [1.82, 2.24) is 4.90 Å². The fraction of sp³-hybridized carbons (Fsp3) is 0.500. The molecule has 2 fully saturated rings. The molecule has 130 valence electrons. The molecule has 0 radical (unpaired) electrons. The zero-order chi connectivity index (χ0) is 17.9. The Labute approximate surface area is 139 Å². The smallest absolute Gasteiger partial charge is 0.460 e. The summed E-state index contributed by atoms with van der Waals surface area (Å²) >= 11 is 0. The summed E-state index contributed by atoms with van der Waals surface area (Å²) in [6.07, 6.45) is 1.10. The molecule has 2 heterocycles. The Morgan fingerprint density at radius 3 is 2.50 bits per heavy atom. The van der Waals surface area contributed by atoms with Gasteiger partial charge in [0.15, 0.2) is 11.8 Å². The first kappa shape index (κ1) is 17.7. The lowest BCUT2D eigenvalue weighted by atomic mass is 9.84. The topological polar surface area (TPSA) is 99.2 Å². The summed E-state index contributed by atoms with van der Waals surface area (Å²) in [4.78, 5) is 48.9. The average Bonchev–Trinajstić information content (AvgIpc) is 2.83. The summed E-state index contributed by atoms with van der Waals surface area (Å²) < 4.78 is 14.6. The van der Waals surface area contributed by atoms with Gasteiger partial charge in [0, 0.05) is 6.42 Å². The minimum Gasteiger partial charge on any atom is -0.460 e. The van der Waals surface area contributed by atoms with Gasteiger partial charge in [-0.1, -0.05) is 25.3 Å². The minimum atomic E-state index is -1.22. The molecule has 0 aromatic carbocycles. The third-order valence-electron chi connectivity index (χ3n) is 3.98. The Hall–Kier alpha value is -2.64. The van der Waals surface area contributed by atoms with Crippen molar-refractivity contribution in [2.45, 2.75) is 31.5 Å². The van der Waals surface area contributed by atoms with Gasteiger partial charge in [0.1, 0.15) is 19.3 Å². The Morgan fingerprint density at radius 1 is 1.25 bits per heavy atom. The molecule has 2 aliphatic rings. The highest BCUT2D eigenvalue weighted by Crippen LogP contribution is 2.40. The summed E-state index contributed by atoms with van der Waals surface area (Å²) in [7, 11) is 0. The number of hydrogen-bond donors (Lipinski definition) is 0. The third-order valence-corrected chi connectivity index (χ3v) is 3.98. The molecule has 0 spiro atoms. The first-order valence-electron chi connectivity index (χ1n) is 7.49. The standard InChI is InChI=1S/C16H19NO7/c1-4-6-22-15(20)13-11(18)8-10-12(14(19)17(10)13)9(3)24-16(21)23-7-5-2/h4-5,9-10,12-13H,1-2,6-8H2,3H3/t9?,10-,12-,13?/m1/s1. The lowest BCUT2D eigenvalue weighted by molar-refractivity contribution is -0.172. The van der Waals surface area contributed by atoms with E-state index in [0.717, 1.165) is 0 Å². The highest BCUT2D eigenvalue weighted by atomic mass is 16.7. The zero-order valence-corrected chi connectivity index (χ0v) is 13.3. The minimum absolute atomic E-state index is 0.00454. The van der Waals surface area contributed by atoms with E-state index in [-0.39, 0.29) is 25.4 Å². The number of esters is 1. The van der Waals surface area contributed by atoms with E-state index in [1.165, 1.54) is 17.1 Å². The van der Waals surface area contributed by atoms with E-state index >= 15 is 0 Å². The van der Waals surface area contributed by atoms with E-state index in [1.54, 1.807) is 6.92 Å². The van der Waals surface area contributed by atoms with Crippen LogP contribution in [0.5, 0.6) is 0 Å². The predicted octanol–water partition coefficient (Wildman–Crippen LogP) is 0.612. The van der Waals surface area contributed by atoms with Crippen molar-refractivity contribution < 1.29 is 33.4 Å². The van der Waals surface area contributed by atoms with Gasteiger partial charge in [-0.3, -0.25) is 9.59 Å². The molecule has 8 nitrogen and oxygen atoms in total. The van der Waals surface area contributed by atoms with Gasteiger partial charge >= 0.3 is 12.1 Å². The van der Waals surface area contributed by atoms with Crippen LogP contribution in [0.4, 0.5) is 4.79 Å². The number of fused-ring (bicyclic) bond motifs is 1. The van der Waals surface area contributed by atoms with Crippen LogP contribution >= 0.6 is 0 Å². The van der Waals surface area contributed by atoms with Crippen LogP contribution in [0, 0.1) is 5.92 Å². The number of β-lactam (4-membered cyclic amide) rings is 1. The van der Waals surface area contributed by atoms with Gasteiger partial charge in [0.05, 0.1) is 12.0 Å². The third kappa shape index (κ3) is 3.17. The van der Waals surface area contributed by atoms with Crippen molar-refractivity contribution in [3.63, 3.8) is 0 Å². The first-order chi connectivity index (χ1) is 11.4. The maximum atomic E-state index is 12.3. The molecule has 24 heavy (non-hydrogen) atoms. The van der Waals surface area contributed by atoms with Crippen LogP contribution in [-0.4, -0.2) is 60.1 Å². The molecule has 0 aliphatic carbocycles. The second kappa shape index (κ2) is 7.29. The van der Waals surface area contributed by atoms with Gasteiger partial charge in [-0.05, 0) is 6.92 Å². The van der Waals surface area contributed by atoms with Crippen LogP contribution < -0.4 is 0 Å². The normalized spacial score (nSPS) is 26.0. The lowest BCUT2D eigenvalue weighted by Crippen LogP contribution is -2.65. The van der Waals surface area contributed by atoms with Crippen molar-refractivity contribution in [2.24, 2.45) is 5.92 Å². The molecule has 2 rings (SSSR count). The van der Waals surface area contributed by atoms with Crippen LogP contribution in [0.3, 0.4) is 0 Å². The Bertz CT molecular complexity index is 585. The maximum absolute atomic E-state index is 12.3. The quantitative estimate of drug-likeness (QED) is 0.290. The molecule has 1 amide bonds. The maximum Gasteiger partial charge on any atom is 0.508 e. The monoisotopic (exact) mass is 337 g/mol. The second-order valence-corrected chi connectivity index (χ2v) is 5.50. The fourth-order valence-corrected chi connectivity index (χ4v) is 2.97. The molecule has 0 aromatic rings. The van der Waals surface area contributed by atoms with E-state index in [9.17, 15) is 19.2 Å². The largest absolute Gasteiger partial charge is 0.508 e. The predicted molar refractivity (Wildman–Crippen MR) is 80.8 cm³/mol. The summed E-state index contributed by atoms with van der Waals surface area (Å²) in [5.74, 6) is -2.25. The molecule has 2 unspecified atom stereocenters. The van der Waals surface area contributed by atoms with Gasteiger partial charge in [-0.15, -0.1) is 0 Å². The van der Waals surface area contributed by atoms with Crippen molar-refractivity contribution in [2.75, 3.05) is 13.2 Å². The fourth-order valence-electron chi connectivity index (χ4n) is 2.97. The van der Waals surface area contributed by atoms with E-state index < -0.39 is 42.1 Å². The molecule has 0 N–H and O–H groups in total. The Balaban J connectivity index is 1.99. The van der Waals surface area contributed by atoms with Crippen molar-refractivity contribution >= 4 is 23.8 Å². The molecule has 4 atom stereocenters. The van der Waals surface area contributed by atoms with Crippen molar-refractivity contribution in [3.8, 4) is 0 Å². The van der Waals surface area contributed by atoms with E-state index in [1.807, 2.05) is 0 Å². The highest BCUT2D eigenvalue weighted by molar-refractivity contribution is 6.11. The van der Waals surface area contributed by atoms with Crippen molar-refractivity contribution in [1.29, 1.82) is 0 Å². The van der Waals surface area contributed by atoms with E-state index in [4.69, 9.17) is 14.2 Å². The van der Waals surface area contributed by atoms with Gasteiger partial charge < -0.3 is 19.1 Å². The number of rotatable bonds is 7. The molecule has 0 saturated carbocycles. The van der Waals surface area contributed by atoms with Crippen molar-refractivity contribution in [3.05, 3.63) is 25.3 Å². The number of Topliss-reactive ketones (excluding diaryl/α,β-unsaturated/α-hetero) is 1. The van der Waals surface area contributed by atoms with Gasteiger partial charge in [0.25, 0.3) is 0 Å². The summed E-state index contributed by atoms with van der Waals surface area (Å²) in [5, 5.41) is 0. The van der Waals surface area contributed by atoms with E-state index in [0.29, 0.717) is 0 Å². The molecular formula is C16H19NO7. The van der Waals surface area contributed by atoms with E-state index in [2.05, 4.69) is 13.2 Å². The Morgan fingerprint density at radius 2 is 1.88 bits per heavy atom. The van der Waals surface area contributed by atoms with Crippen LogP contribution in [0.2, 0.25) is 0 Å². The van der Waals surface area contributed by atoms with Crippen LogP contribution in [0.25, 0.3) is 0 Å². The summed E-state index contributed by atoms with van der Waals surface area (Å²) in [6, 6.07) is -1.70. The molecule has 8 heteroatoms.